The summed E-state index contributed by atoms with van der Waals surface area (Å²) < 4.78 is 2.11. The molecule has 0 radical (unpaired) electrons. The first kappa shape index (κ1) is 12.7. The average molecular weight is 274 g/mol. The van der Waals surface area contributed by atoms with Crippen LogP contribution in [0, 0.1) is 18.8 Å². The van der Waals surface area contributed by atoms with E-state index in [0.29, 0.717) is 0 Å². The zero-order valence-corrected chi connectivity index (χ0v) is 12.7. The van der Waals surface area contributed by atoms with Gasteiger partial charge in [-0.1, -0.05) is 6.42 Å². The van der Waals surface area contributed by atoms with Crippen molar-refractivity contribution in [2.24, 2.45) is 18.9 Å². The molecule has 4 heteroatoms. The molecule has 1 N–H and O–H groups in total. The van der Waals surface area contributed by atoms with E-state index in [4.69, 9.17) is 0 Å². The first-order chi connectivity index (χ1) is 9.72. The first-order valence-electron chi connectivity index (χ1n) is 8.23. The molecule has 0 bridgehead atoms. The molecule has 0 amide bonds. The van der Waals surface area contributed by atoms with Crippen LogP contribution in [0.25, 0.3) is 0 Å². The maximum Gasteiger partial charge on any atom is 0.131 e. The summed E-state index contributed by atoms with van der Waals surface area (Å²) in [5.41, 5.74) is 2.63. The number of aromatic nitrogens is 2. The molecular formula is C16H26N4. The summed E-state index contributed by atoms with van der Waals surface area (Å²) in [5, 5.41) is 8.34. The van der Waals surface area contributed by atoms with E-state index < -0.39 is 0 Å². The Kier molecular flexibility index (Phi) is 3.02. The van der Waals surface area contributed by atoms with Gasteiger partial charge in [0, 0.05) is 38.3 Å². The van der Waals surface area contributed by atoms with Crippen molar-refractivity contribution in [1.82, 2.24) is 15.1 Å². The van der Waals surface area contributed by atoms with Gasteiger partial charge in [0.2, 0.25) is 0 Å². The fourth-order valence-electron chi connectivity index (χ4n) is 4.23. The monoisotopic (exact) mass is 274 g/mol. The normalized spacial score (nSPS) is 29.2. The molecule has 1 aromatic rings. The van der Waals surface area contributed by atoms with Crippen LogP contribution in [-0.4, -0.2) is 28.9 Å². The number of hydrogen-bond acceptors (Lipinski definition) is 3. The molecule has 3 aliphatic rings. The highest BCUT2D eigenvalue weighted by molar-refractivity contribution is 5.51. The molecule has 3 fully saturated rings. The van der Waals surface area contributed by atoms with Crippen LogP contribution in [0.2, 0.25) is 0 Å². The van der Waals surface area contributed by atoms with E-state index in [1.54, 1.807) is 0 Å². The summed E-state index contributed by atoms with van der Waals surface area (Å²) in [6.45, 7) is 5.65. The number of fused-ring (bicyclic) bond motifs is 1. The van der Waals surface area contributed by atoms with Crippen molar-refractivity contribution in [3.63, 3.8) is 0 Å². The van der Waals surface area contributed by atoms with Gasteiger partial charge in [0.05, 0.1) is 5.69 Å². The lowest BCUT2D eigenvalue weighted by Gasteiger charge is -2.21. The molecule has 2 aliphatic carbocycles. The second-order valence-corrected chi connectivity index (χ2v) is 7.02. The van der Waals surface area contributed by atoms with Gasteiger partial charge in [0.1, 0.15) is 5.82 Å². The Morgan fingerprint density at radius 2 is 1.85 bits per heavy atom. The Balaban J connectivity index is 1.56. The van der Waals surface area contributed by atoms with Crippen molar-refractivity contribution in [2.75, 3.05) is 18.0 Å². The van der Waals surface area contributed by atoms with E-state index in [1.165, 1.54) is 62.3 Å². The number of rotatable bonds is 4. The van der Waals surface area contributed by atoms with E-state index in [-0.39, 0.29) is 0 Å². The van der Waals surface area contributed by atoms with Gasteiger partial charge in [-0.2, -0.15) is 5.10 Å². The van der Waals surface area contributed by atoms with Crippen molar-refractivity contribution in [3.05, 3.63) is 11.3 Å². The third-order valence-corrected chi connectivity index (χ3v) is 5.48. The number of aryl methyl sites for hydroxylation is 2. The fraction of sp³-hybridized carbons (Fsp3) is 0.812. The van der Waals surface area contributed by atoms with Gasteiger partial charge in [0.15, 0.2) is 0 Å². The zero-order valence-electron chi connectivity index (χ0n) is 12.7. The smallest absolute Gasteiger partial charge is 0.131 e. The summed E-state index contributed by atoms with van der Waals surface area (Å²) in [4.78, 5) is 2.61. The Bertz CT molecular complexity index is 491. The van der Waals surface area contributed by atoms with Crippen LogP contribution < -0.4 is 10.2 Å². The van der Waals surface area contributed by atoms with E-state index >= 15 is 0 Å². The molecule has 4 nitrogen and oxygen atoms in total. The molecule has 2 heterocycles. The Hall–Kier alpha value is -1.03. The quantitative estimate of drug-likeness (QED) is 0.914. The van der Waals surface area contributed by atoms with Crippen LogP contribution in [0.3, 0.4) is 0 Å². The SMILES string of the molecule is Cc1nn(C)c(N2CC3CCCC3C2)c1CNC1CC1. The summed E-state index contributed by atoms with van der Waals surface area (Å²) in [6, 6.07) is 0.764. The number of nitrogens with zero attached hydrogens (tertiary/aromatic N) is 3. The number of anilines is 1. The van der Waals surface area contributed by atoms with E-state index in [1.807, 2.05) is 0 Å². The Morgan fingerprint density at radius 3 is 2.50 bits per heavy atom. The molecule has 1 aromatic heterocycles. The topological polar surface area (TPSA) is 33.1 Å². The van der Waals surface area contributed by atoms with Crippen molar-refractivity contribution in [3.8, 4) is 0 Å². The maximum atomic E-state index is 4.68. The van der Waals surface area contributed by atoms with Gasteiger partial charge < -0.3 is 10.2 Å². The van der Waals surface area contributed by atoms with Crippen LogP contribution in [0.1, 0.15) is 43.4 Å². The van der Waals surface area contributed by atoms with Crippen molar-refractivity contribution >= 4 is 5.82 Å². The van der Waals surface area contributed by atoms with Crippen LogP contribution in [-0.2, 0) is 13.6 Å². The summed E-state index contributed by atoms with van der Waals surface area (Å²) in [5.74, 6) is 3.26. The molecule has 0 spiro atoms. The van der Waals surface area contributed by atoms with Crippen LogP contribution in [0.15, 0.2) is 0 Å². The lowest BCUT2D eigenvalue weighted by molar-refractivity contribution is 0.494. The van der Waals surface area contributed by atoms with Crippen molar-refractivity contribution in [1.29, 1.82) is 0 Å². The van der Waals surface area contributed by atoms with E-state index in [2.05, 4.69) is 34.0 Å². The van der Waals surface area contributed by atoms with Crippen LogP contribution in [0.4, 0.5) is 5.82 Å². The minimum atomic E-state index is 0.764. The third-order valence-electron chi connectivity index (χ3n) is 5.48. The minimum Gasteiger partial charge on any atom is -0.356 e. The molecule has 2 atom stereocenters. The van der Waals surface area contributed by atoms with Crippen molar-refractivity contribution in [2.45, 2.75) is 51.6 Å². The van der Waals surface area contributed by atoms with Gasteiger partial charge in [-0.05, 0) is 44.4 Å². The molecule has 1 saturated heterocycles. The van der Waals surface area contributed by atoms with E-state index in [9.17, 15) is 0 Å². The number of hydrogen-bond donors (Lipinski definition) is 1. The zero-order chi connectivity index (χ0) is 13.7. The highest BCUT2D eigenvalue weighted by Crippen LogP contribution is 2.40. The van der Waals surface area contributed by atoms with E-state index in [0.717, 1.165) is 24.4 Å². The molecular weight excluding hydrogens is 248 g/mol. The fourth-order valence-corrected chi connectivity index (χ4v) is 4.23. The molecule has 1 aliphatic heterocycles. The van der Waals surface area contributed by atoms with Crippen molar-refractivity contribution < 1.29 is 0 Å². The third kappa shape index (κ3) is 2.14. The Labute approximate surface area is 121 Å². The molecule has 2 saturated carbocycles. The average Bonchev–Trinajstić information content (AvgIpc) is 2.87. The molecule has 2 unspecified atom stereocenters. The highest BCUT2D eigenvalue weighted by Gasteiger charge is 2.38. The summed E-state index contributed by atoms with van der Waals surface area (Å²) >= 11 is 0. The largest absolute Gasteiger partial charge is 0.356 e. The van der Waals surface area contributed by atoms with Gasteiger partial charge >= 0.3 is 0 Å². The highest BCUT2D eigenvalue weighted by atomic mass is 15.4. The standard InChI is InChI=1S/C16H26N4/c1-11-15(8-17-14-6-7-14)16(19(2)18-11)20-9-12-4-3-5-13(12)10-20/h12-14,17H,3-10H2,1-2H3. The first-order valence-corrected chi connectivity index (χ1v) is 8.23. The molecule has 110 valence electrons. The predicted octanol–water partition coefficient (Wildman–Crippen LogP) is 2.22. The van der Waals surface area contributed by atoms with Gasteiger partial charge in [-0.25, -0.2) is 0 Å². The summed E-state index contributed by atoms with van der Waals surface area (Å²) in [6.07, 6.45) is 7.02. The number of nitrogens with one attached hydrogen (secondary N) is 1. The van der Waals surface area contributed by atoms with Gasteiger partial charge in [0.25, 0.3) is 0 Å². The van der Waals surface area contributed by atoms with Gasteiger partial charge in [-0.15, -0.1) is 0 Å². The van der Waals surface area contributed by atoms with Crippen LogP contribution in [0.5, 0.6) is 0 Å². The molecule has 20 heavy (non-hydrogen) atoms. The molecule has 4 rings (SSSR count). The van der Waals surface area contributed by atoms with Gasteiger partial charge in [-0.3, -0.25) is 4.68 Å². The lowest BCUT2D eigenvalue weighted by Crippen LogP contribution is -2.26. The second kappa shape index (κ2) is 4.76. The predicted molar refractivity (Wildman–Crippen MR) is 80.9 cm³/mol. The Morgan fingerprint density at radius 1 is 1.15 bits per heavy atom. The van der Waals surface area contributed by atoms with Crippen LogP contribution >= 0.6 is 0 Å². The minimum absolute atomic E-state index is 0.764. The lowest BCUT2D eigenvalue weighted by atomic mass is 10.0. The second-order valence-electron chi connectivity index (χ2n) is 7.02. The maximum absolute atomic E-state index is 4.68. The summed E-state index contributed by atoms with van der Waals surface area (Å²) in [7, 11) is 2.11. The molecule has 0 aromatic carbocycles.